The second kappa shape index (κ2) is 6.27. The van der Waals surface area contributed by atoms with Crippen molar-refractivity contribution in [3.63, 3.8) is 0 Å². The minimum Gasteiger partial charge on any atom is -0.506 e. The van der Waals surface area contributed by atoms with Crippen LogP contribution in [-0.2, 0) is 0 Å². The van der Waals surface area contributed by atoms with Gasteiger partial charge in [0.25, 0.3) is 0 Å². The fourth-order valence-corrected chi connectivity index (χ4v) is 2.31. The third-order valence-corrected chi connectivity index (χ3v) is 3.23. The van der Waals surface area contributed by atoms with Crippen molar-refractivity contribution >= 4 is 55.0 Å². The Labute approximate surface area is 114 Å². The van der Waals surface area contributed by atoms with Crippen molar-refractivity contribution in [3.8, 4) is 5.75 Å². The number of halogens is 2. The van der Waals surface area contributed by atoms with E-state index >= 15 is 0 Å². The molecule has 0 fully saturated rings. The van der Waals surface area contributed by atoms with Crippen LogP contribution in [0.25, 0.3) is 0 Å². The van der Waals surface area contributed by atoms with E-state index < -0.39 is 0 Å². The van der Waals surface area contributed by atoms with Gasteiger partial charge in [0, 0.05) is 9.57 Å². The zero-order chi connectivity index (χ0) is 12.1. The number of nitrogens with zero attached hydrogens (tertiary/aromatic N) is 1. The predicted molar refractivity (Wildman–Crippen MR) is 74.8 cm³/mol. The van der Waals surface area contributed by atoms with Crippen LogP contribution in [0, 0.1) is 0 Å². The molecule has 0 aliphatic carbocycles. The number of hydrazone groups is 1. The van der Waals surface area contributed by atoms with Crippen molar-refractivity contribution in [1.82, 2.24) is 0 Å². The highest BCUT2D eigenvalue weighted by molar-refractivity contribution is 9.11. The summed E-state index contributed by atoms with van der Waals surface area (Å²) in [6.45, 7) is 0. The van der Waals surface area contributed by atoms with Gasteiger partial charge in [0.1, 0.15) is 5.75 Å². The van der Waals surface area contributed by atoms with Gasteiger partial charge in [-0.25, -0.2) is 0 Å². The first kappa shape index (κ1) is 13.5. The molecule has 0 heterocycles. The standard InChI is InChI=1S/C9H9Br2N3OS/c1-16-9(12)14-13-4-5-2-6(10)3-7(11)8(5)15/h2-4,15H,1H3,(H2,12,14)/p+1/b13-4+. The first-order valence-corrected chi connectivity index (χ1v) is 6.99. The molecule has 0 aliphatic rings. The van der Waals surface area contributed by atoms with Crippen LogP contribution in [0.3, 0.4) is 0 Å². The number of phenolic OH excluding ortho intramolecular Hbond substituents is 1. The monoisotopic (exact) mass is 366 g/mol. The lowest BCUT2D eigenvalue weighted by atomic mass is 10.2. The number of phenols is 1. The van der Waals surface area contributed by atoms with E-state index in [0.717, 1.165) is 4.47 Å². The van der Waals surface area contributed by atoms with Crippen LogP contribution < -0.4 is 10.8 Å². The molecule has 0 spiro atoms. The van der Waals surface area contributed by atoms with Gasteiger partial charge in [-0.05, 0) is 34.3 Å². The van der Waals surface area contributed by atoms with Crippen LogP contribution in [0.2, 0.25) is 0 Å². The summed E-state index contributed by atoms with van der Waals surface area (Å²) in [5.74, 6) is 0.147. The lowest BCUT2D eigenvalue weighted by Crippen LogP contribution is -2.62. The molecule has 0 atom stereocenters. The summed E-state index contributed by atoms with van der Waals surface area (Å²) in [6.07, 6.45) is 3.39. The molecule has 1 aromatic carbocycles. The third kappa shape index (κ3) is 3.80. The Balaban J connectivity index is 2.97. The molecule has 0 saturated heterocycles. The first-order valence-electron chi connectivity index (χ1n) is 4.18. The lowest BCUT2D eigenvalue weighted by molar-refractivity contribution is -0.456. The summed E-state index contributed by atoms with van der Waals surface area (Å²) >= 11 is 7.90. The maximum atomic E-state index is 9.72. The number of rotatable bonds is 2. The van der Waals surface area contributed by atoms with Crippen molar-refractivity contribution in [2.24, 2.45) is 10.8 Å². The quantitative estimate of drug-likeness (QED) is 0.415. The molecule has 0 radical (unpaired) electrons. The van der Waals surface area contributed by atoms with Gasteiger partial charge in [0.05, 0.1) is 10.0 Å². The average molecular weight is 368 g/mol. The van der Waals surface area contributed by atoms with E-state index in [2.05, 4.69) is 42.1 Å². The SMILES string of the molecule is CSC(N)=N/[NH+]=C/c1cc(Br)cc(Br)c1O. The van der Waals surface area contributed by atoms with E-state index in [0.29, 0.717) is 15.2 Å². The van der Waals surface area contributed by atoms with E-state index in [-0.39, 0.29) is 5.75 Å². The predicted octanol–water partition coefficient (Wildman–Crippen LogP) is 1.01. The Hall–Kier alpha value is -0.530. The van der Waals surface area contributed by atoms with Crippen molar-refractivity contribution in [3.05, 3.63) is 26.6 Å². The second-order valence-corrected chi connectivity index (χ2v) is 5.35. The highest BCUT2D eigenvalue weighted by Gasteiger charge is 2.07. The Morgan fingerprint density at radius 2 is 2.25 bits per heavy atom. The topological polar surface area (TPSA) is 72.6 Å². The van der Waals surface area contributed by atoms with E-state index in [4.69, 9.17) is 5.73 Å². The molecule has 4 nitrogen and oxygen atoms in total. The summed E-state index contributed by atoms with van der Waals surface area (Å²) in [7, 11) is 0. The van der Waals surface area contributed by atoms with Crippen molar-refractivity contribution in [2.75, 3.05) is 6.26 Å². The number of nitrogens with one attached hydrogen (secondary N) is 1. The molecule has 86 valence electrons. The van der Waals surface area contributed by atoms with Crippen LogP contribution >= 0.6 is 43.6 Å². The first-order chi connectivity index (χ1) is 7.54. The normalized spacial score (nSPS) is 12.3. The van der Waals surface area contributed by atoms with Crippen molar-refractivity contribution in [2.45, 2.75) is 0 Å². The minimum absolute atomic E-state index is 0.147. The van der Waals surface area contributed by atoms with Gasteiger partial charge < -0.3 is 10.8 Å². The van der Waals surface area contributed by atoms with Crippen molar-refractivity contribution in [1.29, 1.82) is 0 Å². The number of aromatic hydroxyl groups is 1. The van der Waals surface area contributed by atoms with Gasteiger partial charge in [-0.1, -0.05) is 27.7 Å². The highest BCUT2D eigenvalue weighted by atomic mass is 79.9. The van der Waals surface area contributed by atoms with E-state index in [9.17, 15) is 5.11 Å². The molecule has 7 heteroatoms. The van der Waals surface area contributed by atoms with Gasteiger partial charge in [-0.15, -0.1) is 5.10 Å². The van der Waals surface area contributed by atoms with E-state index in [1.807, 2.05) is 6.26 Å². The molecule has 1 rings (SSSR count). The molecule has 0 unspecified atom stereocenters. The van der Waals surface area contributed by atoms with Gasteiger partial charge in [0.15, 0.2) is 0 Å². The number of thioether (sulfide) groups is 1. The van der Waals surface area contributed by atoms with Gasteiger partial charge >= 0.3 is 0 Å². The Morgan fingerprint density at radius 3 is 2.88 bits per heavy atom. The minimum atomic E-state index is 0.147. The van der Waals surface area contributed by atoms with E-state index in [1.165, 1.54) is 11.8 Å². The molecule has 0 saturated carbocycles. The van der Waals surface area contributed by atoms with E-state index in [1.54, 1.807) is 18.3 Å². The highest BCUT2D eigenvalue weighted by Crippen LogP contribution is 2.30. The van der Waals surface area contributed by atoms with Crippen LogP contribution in [0.4, 0.5) is 0 Å². The van der Waals surface area contributed by atoms with Gasteiger partial charge in [0.2, 0.25) is 11.4 Å². The Kier molecular flexibility index (Phi) is 5.30. The van der Waals surface area contributed by atoms with Crippen LogP contribution in [-0.4, -0.2) is 22.7 Å². The van der Waals surface area contributed by atoms with Gasteiger partial charge in [-0.3, -0.25) is 0 Å². The number of benzene rings is 1. The molecule has 1 aromatic rings. The fourth-order valence-electron chi connectivity index (χ4n) is 0.907. The maximum absolute atomic E-state index is 9.72. The van der Waals surface area contributed by atoms with Crippen LogP contribution in [0.15, 0.2) is 26.2 Å². The zero-order valence-corrected chi connectivity index (χ0v) is 12.4. The number of hydrogen-bond donors (Lipinski definition) is 3. The smallest absolute Gasteiger partial charge is 0.225 e. The molecule has 0 amide bonds. The third-order valence-electron chi connectivity index (χ3n) is 1.66. The Morgan fingerprint density at radius 1 is 1.56 bits per heavy atom. The maximum Gasteiger partial charge on any atom is 0.225 e. The number of amidine groups is 1. The molecular formula is C9H10Br2N3OS+. The summed E-state index contributed by atoms with van der Waals surface area (Å²) in [5.41, 5.74) is 6.09. The summed E-state index contributed by atoms with van der Waals surface area (Å²) in [5, 5.41) is 16.7. The van der Waals surface area contributed by atoms with Crippen molar-refractivity contribution < 1.29 is 10.2 Å². The molecule has 0 aromatic heterocycles. The number of nitrogens with two attached hydrogens (primary N) is 1. The molecule has 4 N–H and O–H groups in total. The van der Waals surface area contributed by atoms with Gasteiger partial charge in [-0.2, -0.15) is 0 Å². The zero-order valence-electron chi connectivity index (χ0n) is 8.37. The average Bonchev–Trinajstić information content (AvgIpc) is 2.24. The summed E-state index contributed by atoms with van der Waals surface area (Å²) in [4.78, 5) is 0. The number of hydrogen-bond acceptors (Lipinski definition) is 3. The molecule has 0 aliphatic heterocycles. The van der Waals surface area contributed by atoms with Crippen LogP contribution in [0.1, 0.15) is 5.56 Å². The summed E-state index contributed by atoms with van der Waals surface area (Å²) in [6, 6.07) is 3.52. The lowest BCUT2D eigenvalue weighted by Gasteiger charge is -1.99. The summed E-state index contributed by atoms with van der Waals surface area (Å²) < 4.78 is 1.46. The largest absolute Gasteiger partial charge is 0.506 e. The molecular weight excluding hydrogens is 358 g/mol. The fraction of sp³-hybridized carbons (Fsp3) is 0.111. The Bertz CT molecular complexity index is 449. The van der Waals surface area contributed by atoms with Crippen LogP contribution in [0.5, 0.6) is 5.75 Å². The molecule has 0 bridgehead atoms. The molecule has 16 heavy (non-hydrogen) atoms. The second-order valence-electron chi connectivity index (χ2n) is 2.75.